The molecular weight excluding hydrogens is 230 g/mol. The van der Waals surface area contributed by atoms with Crippen molar-refractivity contribution in [2.45, 2.75) is 51.5 Å². The predicted molar refractivity (Wildman–Crippen MR) is 67.9 cm³/mol. The van der Waals surface area contributed by atoms with E-state index in [0.717, 1.165) is 25.8 Å². The molecule has 2 fully saturated rings. The molecule has 0 aromatic rings. The van der Waals surface area contributed by atoms with Crippen LogP contribution in [-0.4, -0.2) is 36.5 Å². The Kier molecular flexibility index (Phi) is 4.25. The zero-order chi connectivity index (χ0) is 13.1. The van der Waals surface area contributed by atoms with E-state index in [1.165, 1.54) is 20.0 Å². The Morgan fingerprint density at radius 2 is 2.00 bits per heavy atom. The average molecular weight is 253 g/mol. The van der Waals surface area contributed by atoms with Crippen LogP contribution < -0.4 is 0 Å². The van der Waals surface area contributed by atoms with E-state index in [0.29, 0.717) is 12.3 Å². The molecule has 102 valence electrons. The topological polar surface area (TPSA) is 46.6 Å². The van der Waals surface area contributed by atoms with Gasteiger partial charge < -0.3 is 9.64 Å². The highest BCUT2D eigenvalue weighted by Gasteiger charge is 2.38. The Hall–Kier alpha value is -1.06. The maximum absolute atomic E-state index is 12.4. The molecule has 0 aromatic carbocycles. The van der Waals surface area contributed by atoms with Gasteiger partial charge in [0.05, 0.1) is 13.5 Å². The zero-order valence-corrected chi connectivity index (χ0v) is 11.4. The molecule has 1 heterocycles. The third-order valence-electron chi connectivity index (χ3n) is 4.26. The first kappa shape index (κ1) is 13.4. The fraction of sp³-hybridized carbons (Fsp3) is 0.857. The molecule has 0 bridgehead atoms. The normalized spacial score (nSPS) is 25.7. The van der Waals surface area contributed by atoms with E-state index in [1.807, 2.05) is 11.8 Å². The summed E-state index contributed by atoms with van der Waals surface area (Å²) in [6.45, 7) is 2.83. The molecular formula is C14H23NO3. The molecule has 0 spiro atoms. The number of carbonyl (C=O) groups excluding carboxylic acids is 2. The van der Waals surface area contributed by atoms with Crippen molar-refractivity contribution in [3.05, 3.63) is 0 Å². The van der Waals surface area contributed by atoms with Crippen LogP contribution in [-0.2, 0) is 14.3 Å². The second kappa shape index (κ2) is 5.72. The van der Waals surface area contributed by atoms with Crippen LogP contribution >= 0.6 is 0 Å². The number of piperidine rings is 1. The van der Waals surface area contributed by atoms with Crippen LogP contribution in [0.1, 0.15) is 45.4 Å². The molecule has 4 nitrogen and oxygen atoms in total. The van der Waals surface area contributed by atoms with Gasteiger partial charge in [-0.2, -0.15) is 0 Å². The summed E-state index contributed by atoms with van der Waals surface area (Å²) in [5, 5.41) is 0. The number of amides is 1. The van der Waals surface area contributed by atoms with E-state index >= 15 is 0 Å². The van der Waals surface area contributed by atoms with E-state index in [9.17, 15) is 9.59 Å². The van der Waals surface area contributed by atoms with E-state index < -0.39 is 0 Å². The minimum absolute atomic E-state index is 0.0555. The monoisotopic (exact) mass is 253 g/mol. The van der Waals surface area contributed by atoms with Crippen LogP contribution in [0.3, 0.4) is 0 Å². The fourth-order valence-electron chi connectivity index (χ4n) is 2.84. The molecule has 2 atom stereocenters. The number of carbonyl (C=O) groups is 2. The van der Waals surface area contributed by atoms with Crippen LogP contribution in [0.4, 0.5) is 0 Å². The summed E-state index contributed by atoms with van der Waals surface area (Å²) in [5.41, 5.74) is 0. The number of methoxy groups -OCH3 is 1. The first-order valence-corrected chi connectivity index (χ1v) is 7.00. The third-order valence-corrected chi connectivity index (χ3v) is 4.26. The number of hydrogen-bond acceptors (Lipinski definition) is 3. The summed E-state index contributed by atoms with van der Waals surface area (Å²) in [6, 6.07) is 0.0555. The molecule has 4 heteroatoms. The molecule has 1 aliphatic carbocycles. The first-order chi connectivity index (χ1) is 8.63. The second-order valence-electron chi connectivity index (χ2n) is 5.59. The van der Waals surface area contributed by atoms with Gasteiger partial charge in [-0.25, -0.2) is 0 Å². The van der Waals surface area contributed by atoms with Gasteiger partial charge in [-0.05, 0) is 38.0 Å². The van der Waals surface area contributed by atoms with Crippen molar-refractivity contribution in [2.75, 3.05) is 13.7 Å². The predicted octanol–water partition coefficient (Wildman–Crippen LogP) is 1.98. The smallest absolute Gasteiger partial charge is 0.307 e. The van der Waals surface area contributed by atoms with Crippen LogP contribution in [0.2, 0.25) is 0 Å². The van der Waals surface area contributed by atoms with Crippen molar-refractivity contribution < 1.29 is 14.3 Å². The first-order valence-electron chi connectivity index (χ1n) is 7.00. The lowest BCUT2D eigenvalue weighted by molar-refractivity contribution is -0.146. The highest BCUT2D eigenvalue weighted by molar-refractivity contribution is 5.80. The lowest BCUT2D eigenvalue weighted by atomic mass is 9.96. The SMILES string of the molecule is COC(=O)CC1CCCCN1C(=O)C(C)C1CC1. The molecule has 2 aliphatic rings. The number of nitrogens with zero attached hydrogens (tertiary/aromatic N) is 1. The molecule has 2 rings (SSSR count). The Morgan fingerprint density at radius 3 is 2.61 bits per heavy atom. The van der Waals surface area contributed by atoms with Gasteiger partial charge in [-0.1, -0.05) is 6.92 Å². The molecule has 0 aromatic heterocycles. The molecule has 0 radical (unpaired) electrons. The van der Waals surface area contributed by atoms with Crippen LogP contribution in [0, 0.1) is 11.8 Å². The Labute approximate surface area is 109 Å². The molecule has 1 aliphatic heterocycles. The van der Waals surface area contributed by atoms with Gasteiger partial charge in [0.2, 0.25) is 5.91 Å². The van der Waals surface area contributed by atoms with Gasteiger partial charge >= 0.3 is 5.97 Å². The summed E-state index contributed by atoms with van der Waals surface area (Å²) in [4.78, 5) is 25.8. The number of likely N-dealkylation sites (tertiary alicyclic amines) is 1. The summed E-state index contributed by atoms with van der Waals surface area (Å²) < 4.78 is 4.72. The third kappa shape index (κ3) is 3.03. The van der Waals surface area contributed by atoms with Crippen molar-refractivity contribution in [1.29, 1.82) is 0 Å². The lowest BCUT2D eigenvalue weighted by Crippen LogP contribution is -2.47. The second-order valence-corrected chi connectivity index (χ2v) is 5.59. The van der Waals surface area contributed by atoms with Crippen LogP contribution in [0.5, 0.6) is 0 Å². The molecule has 18 heavy (non-hydrogen) atoms. The highest BCUT2D eigenvalue weighted by atomic mass is 16.5. The largest absolute Gasteiger partial charge is 0.469 e. The van der Waals surface area contributed by atoms with Gasteiger partial charge in [0.15, 0.2) is 0 Å². The number of rotatable bonds is 4. The molecule has 2 unspecified atom stereocenters. The number of esters is 1. The molecule has 1 saturated carbocycles. The van der Waals surface area contributed by atoms with E-state index in [4.69, 9.17) is 4.74 Å². The standard InChI is InChI=1S/C14H23NO3/c1-10(11-6-7-11)14(17)15-8-4-3-5-12(15)9-13(16)18-2/h10-12H,3-9H2,1-2H3. The maximum atomic E-state index is 12.4. The zero-order valence-electron chi connectivity index (χ0n) is 11.4. The minimum Gasteiger partial charge on any atom is -0.469 e. The number of ether oxygens (including phenoxy) is 1. The van der Waals surface area contributed by atoms with Crippen molar-refractivity contribution >= 4 is 11.9 Å². The summed E-state index contributed by atoms with van der Waals surface area (Å²) in [7, 11) is 1.41. The van der Waals surface area contributed by atoms with Gasteiger partial charge in [0.1, 0.15) is 0 Å². The lowest BCUT2D eigenvalue weighted by Gasteiger charge is -2.37. The van der Waals surface area contributed by atoms with Crippen molar-refractivity contribution in [3.8, 4) is 0 Å². The minimum atomic E-state index is -0.209. The molecule has 1 amide bonds. The fourth-order valence-corrected chi connectivity index (χ4v) is 2.84. The summed E-state index contributed by atoms with van der Waals surface area (Å²) >= 11 is 0. The summed E-state index contributed by atoms with van der Waals surface area (Å²) in [6.07, 6.45) is 5.80. The maximum Gasteiger partial charge on any atom is 0.307 e. The van der Waals surface area contributed by atoms with Crippen molar-refractivity contribution in [3.63, 3.8) is 0 Å². The Bertz CT molecular complexity index is 325. The average Bonchev–Trinajstić information content (AvgIpc) is 3.22. The van der Waals surface area contributed by atoms with E-state index in [1.54, 1.807) is 0 Å². The Balaban J connectivity index is 1.97. The number of hydrogen-bond donors (Lipinski definition) is 0. The van der Waals surface area contributed by atoms with Gasteiger partial charge in [0, 0.05) is 18.5 Å². The quantitative estimate of drug-likeness (QED) is 0.720. The van der Waals surface area contributed by atoms with Crippen molar-refractivity contribution in [1.82, 2.24) is 4.90 Å². The van der Waals surface area contributed by atoms with E-state index in [2.05, 4.69) is 0 Å². The summed E-state index contributed by atoms with van der Waals surface area (Å²) in [5.74, 6) is 0.742. The van der Waals surface area contributed by atoms with Gasteiger partial charge in [-0.3, -0.25) is 9.59 Å². The van der Waals surface area contributed by atoms with Crippen LogP contribution in [0.25, 0.3) is 0 Å². The Morgan fingerprint density at radius 1 is 1.28 bits per heavy atom. The van der Waals surface area contributed by atoms with E-state index in [-0.39, 0.29) is 23.8 Å². The highest BCUT2D eigenvalue weighted by Crippen LogP contribution is 2.38. The van der Waals surface area contributed by atoms with Gasteiger partial charge in [-0.15, -0.1) is 0 Å². The molecule has 0 N–H and O–H groups in total. The van der Waals surface area contributed by atoms with Gasteiger partial charge in [0.25, 0.3) is 0 Å². The van der Waals surface area contributed by atoms with Crippen LogP contribution in [0.15, 0.2) is 0 Å². The molecule has 1 saturated heterocycles. The van der Waals surface area contributed by atoms with Crippen molar-refractivity contribution in [2.24, 2.45) is 11.8 Å².